The standard InChI is InChI=1S/C17H31N3O2/c1-7-13(2)10-14(3)20-12-18-11-15(20)8-9-19-16(21)22-17(4,5)6/h11-14H,7-10H2,1-6H3,(H,19,21). The van der Waals surface area contributed by atoms with Crippen molar-refractivity contribution in [2.45, 2.75) is 72.4 Å². The smallest absolute Gasteiger partial charge is 0.407 e. The molecule has 1 heterocycles. The number of carbonyl (C=O) groups is 1. The molecule has 0 aliphatic carbocycles. The molecule has 1 amide bonds. The van der Waals surface area contributed by atoms with Crippen molar-refractivity contribution in [2.75, 3.05) is 6.54 Å². The number of carbonyl (C=O) groups excluding carboxylic acids is 1. The fourth-order valence-electron chi connectivity index (χ4n) is 2.39. The van der Waals surface area contributed by atoms with Crippen molar-refractivity contribution in [3.8, 4) is 0 Å². The highest BCUT2D eigenvalue weighted by Crippen LogP contribution is 2.21. The number of ether oxygens (including phenoxy) is 1. The van der Waals surface area contributed by atoms with E-state index in [1.54, 1.807) is 0 Å². The van der Waals surface area contributed by atoms with Gasteiger partial charge in [-0.05, 0) is 40.0 Å². The lowest BCUT2D eigenvalue weighted by Gasteiger charge is -2.21. The fourth-order valence-corrected chi connectivity index (χ4v) is 2.39. The third-order valence-corrected chi connectivity index (χ3v) is 3.71. The van der Waals surface area contributed by atoms with Gasteiger partial charge in [0.05, 0.1) is 6.33 Å². The minimum Gasteiger partial charge on any atom is -0.444 e. The summed E-state index contributed by atoms with van der Waals surface area (Å²) in [6, 6.07) is 0.425. The van der Waals surface area contributed by atoms with Gasteiger partial charge in [0.1, 0.15) is 5.60 Å². The van der Waals surface area contributed by atoms with Crippen molar-refractivity contribution in [3.63, 3.8) is 0 Å². The second kappa shape index (κ2) is 8.20. The molecule has 5 heteroatoms. The predicted molar refractivity (Wildman–Crippen MR) is 89.0 cm³/mol. The summed E-state index contributed by atoms with van der Waals surface area (Å²) in [5, 5.41) is 2.79. The number of rotatable bonds is 7. The Kier molecular flexibility index (Phi) is 6.91. The molecule has 0 radical (unpaired) electrons. The molecule has 2 atom stereocenters. The zero-order chi connectivity index (χ0) is 16.8. The van der Waals surface area contributed by atoms with Gasteiger partial charge in [-0.15, -0.1) is 0 Å². The van der Waals surface area contributed by atoms with Gasteiger partial charge >= 0.3 is 6.09 Å². The van der Waals surface area contributed by atoms with Crippen molar-refractivity contribution in [1.82, 2.24) is 14.9 Å². The molecular formula is C17H31N3O2. The average molecular weight is 309 g/mol. The van der Waals surface area contributed by atoms with Crippen LogP contribution in [0.4, 0.5) is 4.79 Å². The van der Waals surface area contributed by atoms with E-state index in [4.69, 9.17) is 4.74 Å². The Balaban J connectivity index is 2.47. The normalized spacial score (nSPS) is 14.5. The van der Waals surface area contributed by atoms with Gasteiger partial charge in [0.15, 0.2) is 0 Å². The summed E-state index contributed by atoms with van der Waals surface area (Å²) in [5.74, 6) is 0.699. The topological polar surface area (TPSA) is 56.2 Å². The van der Waals surface area contributed by atoms with Gasteiger partial charge in [0.2, 0.25) is 0 Å². The Morgan fingerprint density at radius 1 is 1.41 bits per heavy atom. The molecule has 1 aromatic rings. The first kappa shape index (κ1) is 18.5. The number of imidazole rings is 1. The number of aromatic nitrogens is 2. The van der Waals surface area contributed by atoms with Gasteiger partial charge in [-0.3, -0.25) is 0 Å². The molecule has 1 aromatic heterocycles. The minimum atomic E-state index is -0.462. The van der Waals surface area contributed by atoms with Crippen molar-refractivity contribution in [1.29, 1.82) is 0 Å². The van der Waals surface area contributed by atoms with E-state index in [0.717, 1.165) is 18.5 Å². The number of nitrogens with one attached hydrogen (secondary N) is 1. The first-order valence-electron chi connectivity index (χ1n) is 8.20. The first-order valence-corrected chi connectivity index (χ1v) is 8.20. The zero-order valence-corrected chi connectivity index (χ0v) is 14.8. The van der Waals surface area contributed by atoms with Crippen LogP contribution in [0.5, 0.6) is 0 Å². The molecule has 0 bridgehead atoms. The Hall–Kier alpha value is -1.52. The van der Waals surface area contributed by atoms with Crippen LogP contribution in [-0.4, -0.2) is 27.8 Å². The summed E-state index contributed by atoms with van der Waals surface area (Å²) in [5.41, 5.74) is 0.684. The molecule has 0 aliphatic rings. The molecule has 5 nitrogen and oxygen atoms in total. The van der Waals surface area contributed by atoms with Crippen LogP contribution in [0.2, 0.25) is 0 Å². The van der Waals surface area contributed by atoms with E-state index in [9.17, 15) is 4.79 Å². The Labute approximate surface area is 134 Å². The van der Waals surface area contributed by atoms with Crippen molar-refractivity contribution in [3.05, 3.63) is 18.2 Å². The molecule has 0 saturated heterocycles. The van der Waals surface area contributed by atoms with Crippen LogP contribution in [-0.2, 0) is 11.2 Å². The Morgan fingerprint density at radius 2 is 2.09 bits per heavy atom. The largest absolute Gasteiger partial charge is 0.444 e. The van der Waals surface area contributed by atoms with Crippen LogP contribution in [0, 0.1) is 5.92 Å². The van der Waals surface area contributed by atoms with Gasteiger partial charge in [0, 0.05) is 30.9 Å². The highest BCUT2D eigenvalue weighted by molar-refractivity contribution is 5.67. The molecule has 1 N–H and O–H groups in total. The second-order valence-corrected chi connectivity index (χ2v) is 7.07. The summed E-state index contributed by atoms with van der Waals surface area (Å²) in [4.78, 5) is 15.9. The van der Waals surface area contributed by atoms with Crippen molar-refractivity contribution < 1.29 is 9.53 Å². The maximum Gasteiger partial charge on any atom is 0.407 e. The first-order chi connectivity index (χ1) is 10.2. The van der Waals surface area contributed by atoms with Crippen LogP contribution in [0.15, 0.2) is 12.5 Å². The van der Waals surface area contributed by atoms with Crippen LogP contribution in [0.3, 0.4) is 0 Å². The molecule has 0 aromatic carbocycles. The van der Waals surface area contributed by atoms with E-state index in [2.05, 4.69) is 35.6 Å². The van der Waals surface area contributed by atoms with E-state index in [1.165, 1.54) is 6.42 Å². The quantitative estimate of drug-likeness (QED) is 0.829. The predicted octanol–water partition coefficient (Wildman–Crippen LogP) is 3.95. The minimum absolute atomic E-state index is 0.369. The van der Waals surface area contributed by atoms with Crippen molar-refractivity contribution >= 4 is 6.09 Å². The summed E-state index contributed by atoms with van der Waals surface area (Å²) < 4.78 is 7.44. The zero-order valence-electron chi connectivity index (χ0n) is 14.8. The SMILES string of the molecule is CCC(C)CC(C)n1cncc1CCNC(=O)OC(C)(C)C. The summed E-state index contributed by atoms with van der Waals surface area (Å²) in [6.07, 6.45) is 6.48. The molecule has 2 unspecified atom stereocenters. The Morgan fingerprint density at radius 3 is 2.68 bits per heavy atom. The fraction of sp³-hybridized carbons (Fsp3) is 0.765. The highest BCUT2D eigenvalue weighted by Gasteiger charge is 2.16. The van der Waals surface area contributed by atoms with Gasteiger partial charge < -0.3 is 14.6 Å². The van der Waals surface area contributed by atoms with E-state index in [1.807, 2.05) is 33.3 Å². The Bertz CT molecular complexity index is 463. The molecule has 0 spiro atoms. The van der Waals surface area contributed by atoms with Gasteiger partial charge in [-0.2, -0.15) is 0 Å². The molecular weight excluding hydrogens is 278 g/mol. The van der Waals surface area contributed by atoms with E-state index in [0.29, 0.717) is 18.5 Å². The molecule has 126 valence electrons. The number of hydrogen-bond donors (Lipinski definition) is 1. The van der Waals surface area contributed by atoms with E-state index in [-0.39, 0.29) is 6.09 Å². The maximum atomic E-state index is 11.6. The van der Waals surface area contributed by atoms with Crippen LogP contribution < -0.4 is 5.32 Å². The number of hydrogen-bond acceptors (Lipinski definition) is 3. The summed E-state index contributed by atoms with van der Waals surface area (Å²) >= 11 is 0. The lowest BCUT2D eigenvalue weighted by molar-refractivity contribution is 0.0528. The number of alkyl carbamates (subject to hydrolysis) is 1. The summed E-state index contributed by atoms with van der Waals surface area (Å²) in [6.45, 7) is 12.8. The van der Waals surface area contributed by atoms with Crippen LogP contribution in [0.25, 0.3) is 0 Å². The molecule has 1 rings (SSSR count). The van der Waals surface area contributed by atoms with Gasteiger partial charge in [-0.25, -0.2) is 9.78 Å². The molecule has 0 fully saturated rings. The second-order valence-electron chi connectivity index (χ2n) is 7.07. The summed E-state index contributed by atoms with van der Waals surface area (Å²) in [7, 11) is 0. The maximum absolute atomic E-state index is 11.6. The third-order valence-electron chi connectivity index (χ3n) is 3.71. The van der Waals surface area contributed by atoms with Gasteiger partial charge in [-0.1, -0.05) is 20.3 Å². The molecule has 0 aliphatic heterocycles. The average Bonchev–Trinajstić information content (AvgIpc) is 2.84. The van der Waals surface area contributed by atoms with Crippen LogP contribution in [0.1, 0.15) is 66.1 Å². The monoisotopic (exact) mass is 309 g/mol. The number of amides is 1. The molecule has 22 heavy (non-hydrogen) atoms. The van der Waals surface area contributed by atoms with Crippen molar-refractivity contribution in [2.24, 2.45) is 5.92 Å². The van der Waals surface area contributed by atoms with Crippen LogP contribution >= 0.6 is 0 Å². The third kappa shape index (κ3) is 6.50. The lowest BCUT2D eigenvalue weighted by atomic mass is 10.00. The van der Waals surface area contributed by atoms with E-state index >= 15 is 0 Å². The number of nitrogens with zero attached hydrogens (tertiary/aromatic N) is 2. The molecule has 0 saturated carbocycles. The lowest BCUT2D eigenvalue weighted by Crippen LogP contribution is -2.33. The van der Waals surface area contributed by atoms with Gasteiger partial charge in [0.25, 0.3) is 0 Å². The highest BCUT2D eigenvalue weighted by atomic mass is 16.6. The van der Waals surface area contributed by atoms with E-state index < -0.39 is 5.60 Å².